The Labute approximate surface area is 195 Å². The lowest BCUT2D eigenvalue weighted by Crippen LogP contribution is -2.54. The number of carbonyl (C=O) groups is 2. The first kappa shape index (κ1) is 21.9. The van der Waals surface area contributed by atoms with Gasteiger partial charge in [0.25, 0.3) is 0 Å². The largest absolute Gasteiger partial charge is 0.475 e. The van der Waals surface area contributed by atoms with E-state index in [1.807, 2.05) is 36.7 Å². The summed E-state index contributed by atoms with van der Waals surface area (Å²) in [5.41, 5.74) is 0.645. The van der Waals surface area contributed by atoms with Gasteiger partial charge in [-0.25, -0.2) is 4.98 Å². The first-order chi connectivity index (χ1) is 14.8. The fraction of sp³-hybridized carbons (Fsp3) is 0.261. The Morgan fingerprint density at radius 1 is 1.19 bits per heavy atom. The maximum absolute atomic E-state index is 13.5. The maximum atomic E-state index is 13.5. The molecule has 0 N–H and O–H groups in total. The molecule has 0 saturated carbocycles. The number of Topliss-reactive ketones (excluding diaryl/α,β-unsaturated/α-hetero) is 1. The zero-order valence-corrected chi connectivity index (χ0v) is 19.5. The van der Waals surface area contributed by atoms with Crippen LogP contribution < -0.4 is 4.74 Å². The van der Waals surface area contributed by atoms with Crippen molar-refractivity contribution in [1.82, 2.24) is 9.29 Å². The summed E-state index contributed by atoms with van der Waals surface area (Å²) in [6, 6.07) is 14.2. The molecule has 0 spiro atoms. The number of thiophene rings is 1. The highest BCUT2D eigenvalue weighted by molar-refractivity contribution is 7.78. The zero-order valence-electron chi connectivity index (χ0n) is 17.0. The number of benzene rings is 1. The van der Waals surface area contributed by atoms with E-state index in [2.05, 4.69) is 17.8 Å². The van der Waals surface area contributed by atoms with Crippen LogP contribution >= 0.6 is 35.8 Å². The second-order valence-corrected chi connectivity index (χ2v) is 9.23. The second-order valence-electron chi connectivity index (χ2n) is 7.65. The molecule has 8 heteroatoms. The molecule has 1 aliphatic heterocycles. The third-order valence-corrected chi connectivity index (χ3v) is 6.85. The average molecular weight is 473 g/mol. The van der Waals surface area contributed by atoms with Gasteiger partial charge in [-0.3, -0.25) is 13.9 Å². The van der Waals surface area contributed by atoms with Crippen LogP contribution in [-0.2, 0) is 15.1 Å². The Hall–Kier alpha value is -2.35. The number of pyridine rings is 1. The summed E-state index contributed by atoms with van der Waals surface area (Å²) < 4.78 is 7.10. The summed E-state index contributed by atoms with van der Waals surface area (Å²) >= 11 is 12.4. The molecule has 2 unspecified atom stereocenters. The van der Waals surface area contributed by atoms with Gasteiger partial charge in [-0.2, -0.15) is 11.3 Å². The van der Waals surface area contributed by atoms with Crippen molar-refractivity contribution in [2.45, 2.75) is 37.8 Å². The molecule has 1 amide bonds. The van der Waals surface area contributed by atoms with Crippen molar-refractivity contribution in [3.63, 3.8) is 0 Å². The van der Waals surface area contributed by atoms with Crippen LogP contribution in [0.15, 0.2) is 59.3 Å². The number of thiol groups is 1. The molecular weight excluding hydrogens is 452 g/mol. The van der Waals surface area contributed by atoms with Crippen molar-refractivity contribution in [2.24, 2.45) is 0 Å². The predicted octanol–water partition coefficient (Wildman–Crippen LogP) is 5.26. The summed E-state index contributed by atoms with van der Waals surface area (Å²) in [6.45, 7) is 3.82. The van der Waals surface area contributed by atoms with E-state index < -0.39 is 17.4 Å². The van der Waals surface area contributed by atoms with Gasteiger partial charge in [0, 0.05) is 17.5 Å². The number of hydrogen-bond acceptors (Lipinski definition) is 6. The van der Waals surface area contributed by atoms with Crippen LogP contribution in [-0.4, -0.2) is 27.1 Å². The number of carbonyl (C=O) groups excluding carboxylic acids is 2. The van der Waals surface area contributed by atoms with Crippen LogP contribution in [0.2, 0.25) is 5.02 Å². The number of piperidine rings is 1. The fourth-order valence-corrected chi connectivity index (χ4v) is 5.29. The number of halogens is 1. The smallest absolute Gasteiger partial charge is 0.248 e. The Balaban J connectivity index is 1.84. The van der Waals surface area contributed by atoms with E-state index in [0.717, 1.165) is 5.56 Å². The van der Waals surface area contributed by atoms with Gasteiger partial charge >= 0.3 is 0 Å². The van der Waals surface area contributed by atoms with Gasteiger partial charge in [0.1, 0.15) is 11.5 Å². The molecular formula is C23H21ClN2O3S2. The first-order valence-electron chi connectivity index (χ1n) is 9.81. The molecule has 0 aliphatic carbocycles. The lowest BCUT2D eigenvalue weighted by molar-refractivity contribution is -0.142. The molecule has 1 saturated heterocycles. The highest BCUT2D eigenvalue weighted by atomic mass is 35.5. The molecule has 1 aromatic carbocycles. The molecule has 0 bridgehead atoms. The predicted molar refractivity (Wildman–Crippen MR) is 125 cm³/mol. The number of nitrogens with zero attached hydrogens (tertiary/aromatic N) is 2. The minimum absolute atomic E-state index is 0.0208. The topological polar surface area (TPSA) is 59.5 Å². The average Bonchev–Trinajstić information content (AvgIpc) is 3.27. The molecule has 1 fully saturated rings. The lowest BCUT2D eigenvalue weighted by Gasteiger charge is -2.45. The standard InChI is InChI=1S/C23H21ClN2O3S2/c1-14(2)29-20-9-5-8-19(25-20)23(15-10-11-31-13-15)12-18(27)21(22(28)26(23)30)16-6-3-4-7-17(16)24/h3-11,13-14,21,30H,12H2,1-2H3. The van der Waals surface area contributed by atoms with Gasteiger partial charge in [0.05, 0.1) is 11.8 Å². The maximum Gasteiger partial charge on any atom is 0.248 e. The molecule has 2 aromatic heterocycles. The molecule has 0 radical (unpaired) electrons. The molecule has 31 heavy (non-hydrogen) atoms. The monoisotopic (exact) mass is 472 g/mol. The number of aromatic nitrogens is 1. The van der Waals surface area contributed by atoms with Crippen molar-refractivity contribution in [3.05, 3.63) is 81.1 Å². The van der Waals surface area contributed by atoms with Crippen molar-refractivity contribution in [2.75, 3.05) is 0 Å². The Morgan fingerprint density at radius 3 is 2.65 bits per heavy atom. The highest BCUT2D eigenvalue weighted by Gasteiger charge is 2.53. The Morgan fingerprint density at radius 2 is 1.97 bits per heavy atom. The van der Waals surface area contributed by atoms with Crippen molar-refractivity contribution >= 4 is 47.4 Å². The van der Waals surface area contributed by atoms with Crippen molar-refractivity contribution < 1.29 is 14.3 Å². The minimum Gasteiger partial charge on any atom is -0.475 e. The van der Waals surface area contributed by atoms with Gasteiger partial charge < -0.3 is 4.74 Å². The number of rotatable bonds is 5. The van der Waals surface area contributed by atoms with E-state index >= 15 is 0 Å². The van der Waals surface area contributed by atoms with Crippen molar-refractivity contribution in [3.8, 4) is 5.88 Å². The van der Waals surface area contributed by atoms with Gasteiger partial charge in [-0.15, -0.1) is 0 Å². The number of hydrogen-bond donors (Lipinski definition) is 1. The van der Waals surface area contributed by atoms with Crippen LogP contribution in [0, 0.1) is 0 Å². The van der Waals surface area contributed by atoms with Gasteiger partial charge in [-0.1, -0.05) is 48.7 Å². The summed E-state index contributed by atoms with van der Waals surface area (Å²) in [7, 11) is 0. The van der Waals surface area contributed by atoms with Crippen molar-refractivity contribution in [1.29, 1.82) is 0 Å². The number of amides is 1. The molecule has 1 aliphatic rings. The van der Waals surface area contributed by atoms with Gasteiger partial charge in [-0.05, 0) is 53.9 Å². The summed E-state index contributed by atoms with van der Waals surface area (Å²) in [5, 5.41) is 4.20. The van der Waals surface area contributed by atoms with Gasteiger partial charge in [0.2, 0.25) is 11.8 Å². The normalized spacial score (nSPS) is 21.6. The quantitative estimate of drug-likeness (QED) is 0.406. The first-order valence-corrected chi connectivity index (χ1v) is 11.5. The Kier molecular flexibility index (Phi) is 6.10. The zero-order chi connectivity index (χ0) is 22.2. The molecule has 2 atom stereocenters. The lowest BCUT2D eigenvalue weighted by atomic mass is 9.75. The van der Waals surface area contributed by atoms with Crippen LogP contribution in [0.25, 0.3) is 0 Å². The van der Waals surface area contributed by atoms with E-state index in [0.29, 0.717) is 22.2 Å². The molecule has 5 nitrogen and oxygen atoms in total. The third kappa shape index (κ3) is 3.86. The van der Waals surface area contributed by atoms with Gasteiger partial charge in [0.15, 0.2) is 5.78 Å². The van der Waals surface area contributed by atoms with E-state index in [1.54, 1.807) is 36.4 Å². The summed E-state index contributed by atoms with van der Waals surface area (Å²) in [6.07, 6.45) is -0.0429. The third-order valence-electron chi connectivity index (χ3n) is 5.29. The van der Waals surface area contributed by atoms with Crippen LogP contribution in [0.3, 0.4) is 0 Å². The molecule has 160 valence electrons. The van der Waals surface area contributed by atoms with Crippen LogP contribution in [0.5, 0.6) is 5.88 Å². The van der Waals surface area contributed by atoms with E-state index in [1.165, 1.54) is 15.6 Å². The second kappa shape index (κ2) is 8.65. The minimum atomic E-state index is -1.15. The molecule has 4 rings (SSSR count). The number of ketones is 1. The van der Waals surface area contributed by atoms with E-state index in [-0.39, 0.29) is 18.3 Å². The Bertz CT molecular complexity index is 1120. The highest BCUT2D eigenvalue weighted by Crippen LogP contribution is 2.48. The molecule has 3 heterocycles. The van der Waals surface area contributed by atoms with E-state index in [9.17, 15) is 9.59 Å². The fourth-order valence-electron chi connectivity index (χ4n) is 3.92. The molecule has 3 aromatic rings. The summed E-state index contributed by atoms with van der Waals surface area (Å²) in [4.78, 5) is 31.7. The number of ether oxygens (including phenoxy) is 1. The SMILES string of the molecule is CC(C)Oc1cccc(C2(c3ccsc3)CC(=O)C(c3ccccc3Cl)C(=O)N2S)n1. The summed E-state index contributed by atoms with van der Waals surface area (Å²) in [5.74, 6) is -1.24. The van der Waals surface area contributed by atoms with E-state index in [4.69, 9.17) is 16.3 Å². The van der Waals surface area contributed by atoms with Crippen LogP contribution in [0.1, 0.15) is 43.0 Å². The van der Waals surface area contributed by atoms with Crippen LogP contribution in [0.4, 0.5) is 0 Å².